The third kappa shape index (κ3) is 8.51. The van der Waals surface area contributed by atoms with Crippen molar-refractivity contribution in [1.29, 1.82) is 0 Å². The molecule has 0 aromatic heterocycles. The molecule has 2 saturated heterocycles. The van der Waals surface area contributed by atoms with E-state index in [0.29, 0.717) is 0 Å². The number of aryl methyl sites for hydroxylation is 2. The van der Waals surface area contributed by atoms with Gasteiger partial charge in [-0.15, -0.1) is 12.4 Å². The minimum absolute atomic E-state index is 0. The minimum Gasteiger partial charge on any atom is -0.378 e. The molecule has 49 heavy (non-hydrogen) atoms. The molecule has 0 aliphatic carbocycles. The maximum absolute atomic E-state index is 14.5. The van der Waals surface area contributed by atoms with Crippen LogP contribution < -0.4 is 5.32 Å². The van der Waals surface area contributed by atoms with Gasteiger partial charge in [0.05, 0.1) is 43.0 Å². The fourth-order valence-electron chi connectivity index (χ4n) is 6.37. The normalized spacial score (nSPS) is 20.4. The number of Topliss-reactive ketones (excluding diaryl/α,β-unsaturated/α-hetero) is 2. The Kier molecular flexibility index (Phi) is 12.0. The number of carbonyl (C=O) groups is 3. The highest BCUT2D eigenvalue weighted by Gasteiger charge is 2.48. The molecular weight excluding hydrogens is 676 g/mol. The molecule has 3 aromatic carbocycles. The first-order valence-electron chi connectivity index (χ1n) is 15.5. The number of halogens is 7. The summed E-state index contributed by atoms with van der Waals surface area (Å²) in [6.07, 6.45) is -9.68. The summed E-state index contributed by atoms with van der Waals surface area (Å²) in [5.41, 5.74) is -1.07. The molecule has 0 radical (unpaired) electrons. The Morgan fingerprint density at radius 1 is 0.796 bits per heavy atom. The SMILES string of the molecule is Cc1ccc(CC2NCC(C(=O)c3ccccc3C(F)(F)F)N(CC(=O)N3CCOCC3)C2C(=O)c2ccccc2C(F)(F)F)cc1C.Cl. The Balaban J connectivity index is 0.00000541. The number of benzene rings is 3. The van der Waals surface area contributed by atoms with Crippen LogP contribution in [0.1, 0.15) is 48.5 Å². The number of carbonyl (C=O) groups excluding carboxylic acids is 3. The molecule has 3 aromatic rings. The summed E-state index contributed by atoms with van der Waals surface area (Å²) in [5, 5.41) is 3.11. The molecule has 1 amide bonds. The van der Waals surface area contributed by atoms with E-state index in [2.05, 4.69) is 5.32 Å². The zero-order chi connectivity index (χ0) is 34.8. The standard InChI is InChI=1S/C35H35F6N3O4.ClH/c1-21-11-12-23(17-22(21)2)18-28-31(33(47)25-8-4-6-10-27(25)35(39,40)41)44(20-30(45)43-13-15-48-16-14-43)29(19-42-28)32(46)24-7-3-5-9-26(24)34(36,37)38;/h3-12,17,28-29,31,42H,13-16,18-20H2,1-2H3;1H. The van der Waals surface area contributed by atoms with Crippen molar-refractivity contribution in [3.05, 3.63) is 106 Å². The van der Waals surface area contributed by atoms with Crippen molar-refractivity contribution in [3.8, 4) is 0 Å². The number of amides is 1. The minimum atomic E-state index is -4.91. The Morgan fingerprint density at radius 3 is 1.90 bits per heavy atom. The molecule has 1 N–H and O–H groups in total. The lowest BCUT2D eigenvalue weighted by molar-refractivity contribution is -0.139. The number of morpholine rings is 1. The van der Waals surface area contributed by atoms with Gasteiger partial charge in [0.1, 0.15) is 0 Å². The Morgan fingerprint density at radius 2 is 1.35 bits per heavy atom. The van der Waals surface area contributed by atoms with Crippen LogP contribution in [0.2, 0.25) is 0 Å². The van der Waals surface area contributed by atoms with Gasteiger partial charge in [-0.05, 0) is 49.1 Å². The van der Waals surface area contributed by atoms with E-state index in [1.165, 1.54) is 21.9 Å². The van der Waals surface area contributed by atoms with Gasteiger partial charge in [0.15, 0.2) is 11.6 Å². The summed E-state index contributed by atoms with van der Waals surface area (Å²) in [6.45, 7) is 3.78. The number of ketones is 2. The molecule has 14 heteroatoms. The number of hydrogen-bond donors (Lipinski definition) is 1. The molecule has 2 aliphatic rings. The molecule has 2 fully saturated rings. The maximum Gasteiger partial charge on any atom is 0.417 e. The first kappa shape index (κ1) is 38.0. The number of piperazine rings is 1. The van der Waals surface area contributed by atoms with E-state index in [0.717, 1.165) is 53.1 Å². The van der Waals surface area contributed by atoms with Gasteiger partial charge in [0.2, 0.25) is 5.91 Å². The lowest BCUT2D eigenvalue weighted by Gasteiger charge is -2.46. The van der Waals surface area contributed by atoms with Gasteiger partial charge >= 0.3 is 12.4 Å². The zero-order valence-corrected chi connectivity index (χ0v) is 27.6. The van der Waals surface area contributed by atoms with Gasteiger partial charge in [0, 0.05) is 36.8 Å². The van der Waals surface area contributed by atoms with E-state index in [1.54, 1.807) is 0 Å². The summed E-state index contributed by atoms with van der Waals surface area (Å²) in [7, 11) is 0. The summed E-state index contributed by atoms with van der Waals surface area (Å²) in [6, 6.07) is 10.0. The molecule has 0 saturated carbocycles. The third-order valence-corrected chi connectivity index (χ3v) is 8.99. The largest absolute Gasteiger partial charge is 0.417 e. The Hall–Kier alpha value is -3.78. The molecule has 264 valence electrons. The quantitative estimate of drug-likeness (QED) is 0.230. The molecular formula is C35H36ClF6N3O4. The lowest BCUT2D eigenvalue weighted by atomic mass is 9.84. The van der Waals surface area contributed by atoms with Crippen molar-refractivity contribution < 1.29 is 45.5 Å². The smallest absolute Gasteiger partial charge is 0.378 e. The van der Waals surface area contributed by atoms with Crippen molar-refractivity contribution >= 4 is 29.9 Å². The van der Waals surface area contributed by atoms with Crippen LogP contribution in [0, 0.1) is 13.8 Å². The van der Waals surface area contributed by atoms with Crippen LogP contribution in [-0.2, 0) is 28.3 Å². The van der Waals surface area contributed by atoms with Crippen molar-refractivity contribution in [2.45, 2.75) is 50.7 Å². The van der Waals surface area contributed by atoms with E-state index in [4.69, 9.17) is 4.74 Å². The fraction of sp³-hybridized carbons (Fsp3) is 0.400. The average molecular weight is 712 g/mol. The zero-order valence-electron chi connectivity index (χ0n) is 26.7. The summed E-state index contributed by atoms with van der Waals surface area (Å²) in [5.74, 6) is -2.56. The van der Waals surface area contributed by atoms with Crippen LogP contribution in [0.15, 0.2) is 66.7 Å². The van der Waals surface area contributed by atoms with Crippen molar-refractivity contribution in [1.82, 2.24) is 15.1 Å². The van der Waals surface area contributed by atoms with Gasteiger partial charge < -0.3 is 15.0 Å². The van der Waals surface area contributed by atoms with Gasteiger partial charge in [-0.3, -0.25) is 19.3 Å². The van der Waals surface area contributed by atoms with E-state index >= 15 is 0 Å². The monoisotopic (exact) mass is 711 g/mol. The van der Waals surface area contributed by atoms with Crippen molar-refractivity contribution in [2.24, 2.45) is 0 Å². The highest BCUT2D eigenvalue weighted by atomic mass is 35.5. The number of nitrogens with one attached hydrogen (secondary N) is 1. The maximum atomic E-state index is 14.5. The van der Waals surface area contributed by atoms with Gasteiger partial charge in [0.25, 0.3) is 0 Å². The highest BCUT2D eigenvalue weighted by molar-refractivity contribution is 6.05. The van der Waals surface area contributed by atoms with Crippen molar-refractivity contribution in [3.63, 3.8) is 0 Å². The lowest BCUT2D eigenvalue weighted by Crippen LogP contribution is -2.69. The molecule has 2 heterocycles. The molecule has 3 atom stereocenters. The number of alkyl halides is 6. The predicted octanol–water partition coefficient (Wildman–Crippen LogP) is 5.94. The van der Waals surface area contributed by atoms with Gasteiger partial charge in [-0.25, -0.2) is 0 Å². The topological polar surface area (TPSA) is 79.0 Å². The van der Waals surface area contributed by atoms with E-state index < -0.39 is 76.8 Å². The number of nitrogens with zero attached hydrogens (tertiary/aromatic N) is 2. The second-order valence-corrected chi connectivity index (χ2v) is 12.1. The van der Waals surface area contributed by atoms with E-state index in [1.807, 2.05) is 32.0 Å². The predicted molar refractivity (Wildman–Crippen MR) is 172 cm³/mol. The summed E-state index contributed by atoms with van der Waals surface area (Å²) >= 11 is 0. The molecule has 2 aliphatic heterocycles. The van der Waals surface area contributed by atoms with E-state index in [-0.39, 0.29) is 51.7 Å². The second kappa shape index (κ2) is 15.4. The molecule has 7 nitrogen and oxygen atoms in total. The number of ether oxygens (including phenoxy) is 1. The molecule has 0 bridgehead atoms. The third-order valence-electron chi connectivity index (χ3n) is 8.99. The van der Waals surface area contributed by atoms with Gasteiger partial charge in [-0.1, -0.05) is 54.6 Å². The van der Waals surface area contributed by atoms with Crippen LogP contribution in [0.5, 0.6) is 0 Å². The number of hydrogen-bond acceptors (Lipinski definition) is 6. The van der Waals surface area contributed by atoms with Crippen LogP contribution >= 0.6 is 12.4 Å². The van der Waals surface area contributed by atoms with Crippen molar-refractivity contribution in [2.75, 3.05) is 39.4 Å². The average Bonchev–Trinajstić information content (AvgIpc) is 3.05. The van der Waals surface area contributed by atoms with Crippen LogP contribution in [0.3, 0.4) is 0 Å². The van der Waals surface area contributed by atoms with E-state index in [9.17, 15) is 40.7 Å². The van der Waals surface area contributed by atoms with Crippen LogP contribution in [0.25, 0.3) is 0 Å². The fourth-order valence-corrected chi connectivity index (χ4v) is 6.37. The molecule has 3 unspecified atom stereocenters. The number of rotatable bonds is 8. The first-order chi connectivity index (χ1) is 22.7. The molecule has 5 rings (SSSR count). The van der Waals surface area contributed by atoms with Crippen LogP contribution in [-0.4, -0.2) is 84.8 Å². The highest BCUT2D eigenvalue weighted by Crippen LogP contribution is 2.36. The van der Waals surface area contributed by atoms with Gasteiger partial charge in [-0.2, -0.15) is 26.3 Å². The first-order valence-corrected chi connectivity index (χ1v) is 15.5. The molecule has 0 spiro atoms. The van der Waals surface area contributed by atoms with Crippen LogP contribution in [0.4, 0.5) is 26.3 Å². The summed E-state index contributed by atoms with van der Waals surface area (Å²) in [4.78, 5) is 44.9. The Bertz CT molecular complexity index is 1680. The Labute approximate surface area is 286 Å². The summed E-state index contributed by atoms with van der Waals surface area (Å²) < 4.78 is 90.2. The second-order valence-electron chi connectivity index (χ2n) is 12.1.